The molecule has 4 heteroatoms. The predicted octanol–water partition coefficient (Wildman–Crippen LogP) is 0.652. The van der Waals surface area contributed by atoms with Gasteiger partial charge in [-0.05, 0) is 24.6 Å². The van der Waals surface area contributed by atoms with Crippen LogP contribution in [-0.2, 0) is 19.7 Å². The lowest BCUT2D eigenvalue weighted by Gasteiger charge is -2.17. The Bertz CT molecular complexity index is 423. The fraction of sp³-hybridized carbons (Fsp3) is 0.273. The van der Waals surface area contributed by atoms with Crippen molar-refractivity contribution in [1.29, 1.82) is 0 Å². The maximum absolute atomic E-state index is 11.6. The molecule has 1 fully saturated rings. The molecule has 1 unspecified atom stereocenters. The molecule has 1 aromatic carbocycles. The predicted molar refractivity (Wildman–Crippen MR) is 54.2 cm³/mol. The van der Waals surface area contributed by atoms with Crippen LogP contribution in [0.4, 0.5) is 5.69 Å². The van der Waals surface area contributed by atoms with Gasteiger partial charge in [-0.2, -0.15) is 0 Å². The summed E-state index contributed by atoms with van der Waals surface area (Å²) in [7, 11) is 0. The van der Waals surface area contributed by atoms with Gasteiger partial charge in [0.25, 0.3) is 0 Å². The summed E-state index contributed by atoms with van der Waals surface area (Å²) in [4.78, 5) is 23.2. The molecule has 1 heterocycles. The third kappa shape index (κ3) is 1.29. The molecule has 1 atom stereocenters. The van der Waals surface area contributed by atoms with Crippen molar-refractivity contribution in [3.8, 4) is 0 Å². The summed E-state index contributed by atoms with van der Waals surface area (Å²) >= 11 is 0. The summed E-state index contributed by atoms with van der Waals surface area (Å²) in [5.41, 5.74) is 5.55. The molecular formula is C11H11NO3. The second-order valence-corrected chi connectivity index (χ2v) is 3.75. The van der Waals surface area contributed by atoms with Crippen LogP contribution in [0.15, 0.2) is 24.3 Å². The highest BCUT2D eigenvalue weighted by Gasteiger charge is 2.49. The third-order valence-corrected chi connectivity index (χ3v) is 2.76. The van der Waals surface area contributed by atoms with E-state index < -0.39 is 11.4 Å². The Labute approximate surface area is 87.0 Å². The zero-order valence-electron chi connectivity index (χ0n) is 8.32. The molecule has 0 spiro atoms. The largest absolute Gasteiger partial charge is 0.457 e. The Morgan fingerprint density at radius 1 is 1.40 bits per heavy atom. The number of anilines is 1. The summed E-state index contributed by atoms with van der Waals surface area (Å²) in [6.45, 7) is 1.42. The normalized spacial score (nSPS) is 25.4. The van der Waals surface area contributed by atoms with Crippen molar-refractivity contribution in [1.82, 2.24) is 0 Å². The second kappa shape index (κ2) is 3.08. The highest BCUT2D eigenvalue weighted by molar-refractivity contribution is 6.14. The number of ether oxygens (including phenoxy) is 1. The molecule has 1 aromatic rings. The van der Waals surface area contributed by atoms with Crippen molar-refractivity contribution < 1.29 is 14.3 Å². The standard InChI is InChI=1S/C11H11NO3/c1-11(9(13)6-15-10(11)14)7-3-2-4-8(12)5-7/h2-5H,6,12H2,1H3. The first kappa shape index (κ1) is 9.71. The Balaban J connectivity index is 2.53. The van der Waals surface area contributed by atoms with Crippen LogP contribution < -0.4 is 5.73 Å². The van der Waals surface area contributed by atoms with Crippen LogP contribution in [-0.4, -0.2) is 18.4 Å². The number of ketones is 1. The van der Waals surface area contributed by atoms with Gasteiger partial charge in [0.15, 0.2) is 17.8 Å². The van der Waals surface area contributed by atoms with Crippen LogP contribution >= 0.6 is 0 Å². The molecule has 0 bridgehead atoms. The van der Waals surface area contributed by atoms with E-state index >= 15 is 0 Å². The first-order valence-corrected chi connectivity index (χ1v) is 4.61. The van der Waals surface area contributed by atoms with Crippen molar-refractivity contribution in [2.75, 3.05) is 12.3 Å². The lowest BCUT2D eigenvalue weighted by molar-refractivity contribution is -0.142. The molecule has 1 aliphatic heterocycles. The highest BCUT2D eigenvalue weighted by Crippen LogP contribution is 2.31. The molecule has 2 rings (SSSR count). The number of carbonyl (C=O) groups is 2. The summed E-state index contributed by atoms with van der Waals surface area (Å²) in [5, 5.41) is 0. The summed E-state index contributed by atoms with van der Waals surface area (Å²) < 4.78 is 4.75. The van der Waals surface area contributed by atoms with E-state index in [0.29, 0.717) is 11.3 Å². The zero-order valence-corrected chi connectivity index (χ0v) is 8.32. The molecule has 0 saturated carbocycles. The Kier molecular flexibility index (Phi) is 2.00. The third-order valence-electron chi connectivity index (χ3n) is 2.76. The van der Waals surface area contributed by atoms with Gasteiger partial charge >= 0.3 is 5.97 Å². The number of esters is 1. The van der Waals surface area contributed by atoms with E-state index in [1.165, 1.54) is 0 Å². The number of carbonyl (C=O) groups excluding carboxylic acids is 2. The van der Waals surface area contributed by atoms with Crippen LogP contribution in [0.2, 0.25) is 0 Å². The van der Waals surface area contributed by atoms with E-state index in [9.17, 15) is 9.59 Å². The van der Waals surface area contributed by atoms with Gasteiger partial charge in [0.2, 0.25) is 0 Å². The van der Waals surface area contributed by atoms with E-state index in [1.807, 2.05) is 0 Å². The molecule has 0 radical (unpaired) electrons. The second-order valence-electron chi connectivity index (χ2n) is 3.75. The van der Waals surface area contributed by atoms with E-state index in [1.54, 1.807) is 31.2 Å². The van der Waals surface area contributed by atoms with E-state index in [4.69, 9.17) is 10.5 Å². The van der Waals surface area contributed by atoms with Crippen LogP contribution in [0.1, 0.15) is 12.5 Å². The quantitative estimate of drug-likeness (QED) is 0.415. The number of hydrogen-bond donors (Lipinski definition) is 1. The van der Waals surface area contributed by atoms with E-state index in [-0.39, 0.29) is 12.4 Å². The average molecular weight is 205 g/mol. The van der Waals surface area contributed by atoms with Crippen molar-refractivity contribution in [3.63, 3.8) is 0 Å². The van der Waals surface area contributed by atoms with E-state index in [2.05, 4.69) is 0 Å². The van der Waals surface area contributed by atoms with Gasteiger partial charge in [0.1, 0.15) is 0 Å². The van der Waals surface area contributed by atoms with Crippen molar-refractivity contribution in [2.24, 2.45) is 0 Å². The topological polar surface area (TPSA) is 69.4 Å². The number of benzene rings is 1. The molecule has 1 saturated heterocycles. The molecule has 15 heavy (non-hydrogen) atoms. The minimum Gasteiger partial charge on any atom is -0.457 e. The van der Waals surface area contributed by atoms with Gasteiger partial charge < -0.3 is 10.5 Å². The fourth-order valence-electron chi connectivity index (χ4n) is 1.66. The Morgan fingerprint density at radius 2 is 2.13 bits per heavy atom. The molecule has 0 aliphatic carbocycles. The van der Waals surface area contributed by atoms with Gasteiger partial charge in [-0.1, -0.05) is 12.1 Å². The molecule has 2 N–H and O–H groups in total. The number of rotatable bonds is 1. The zero-order chi connectivity index (χ0) is 11.1. The number of hydrogen-bond acceptors (Lipinski definition) is 4. The van der Waals surface area contributed by atoms with Crippen LogP contribution in [0.25, 0.3) is 0 Å². The molecule has 0 aromatic heterocycles. The maximum Gasteiger partial charge on any atom is 0.324 e. The monoisotopic (exact) mass is 205 g/mol. The fourth-order valence-corrected chi connectivity index (χ4v) is 1.66. The average Bonchev–Trinajstić information content (AvgIpc) is 2.47. The van der Waals surface area contributed by atoms with Crippen molar-refractivity contribution in [3.05, 3.63) is 29.8 Å². The van der Waals surface area contributed by atoms with Crippen LogP contribution in [0.3, 0.4) is 0 Å². The van der Waals surface area contributed by atoms with Gasteiger partial charge in [-0.15, -0.1) is 0 Å². The lowest BCUT2D eigenvalue weighted by Crippen LogP contribution is -2.35. The Morgan fingerprint density at radius 3 is 2.67 bits per heavy atom. The number of cyclic esters (lactones) is 1. The van der Waals surface area contributed by atoms with Gasteiger partial charge in [-0.25, -0.2) is 0 Å². The SMILES string of the molecule is CC1(c2cccc(N)c2)C(=O)COC1=O. The minimum atomic E-state index is -1.19. The summed E-state index contributed by atoms with van der Waals surface area (Å²) in [6.07, 6.45) is 0. The van der Waals surface area contributed by atoms with Gasteiger partial charge in [0.05, 0.1) is 0 Å². The number of nitrogen functional groups attached to an aromatic ring is 1. The van der Waals surface area contributed by atoms with Crippen molar-refractivity contribution >= 4 is 17.4 Å². The first-order valence-electron chi connectivity index (χ1n) is 4.61. The van der Waals surface area contributed by atoms with Gasteiger partial charge in [0, 0.05) is 5.69 Å². The maximum atomic E-state index is 11.6. The molecule has 1 aliphatic rings. The minimum absolute atomic E-state index is 0.149. The van der Waals surface area contributed by atoms with E-state index in [0.717, 1.165) is 0 Å². The molecular weight excluding hydrogens is 194 g/mol. The van der Waals surface area contributed by atoms with Gasteiger partial charge in [-0.3, -0.25) is 9.59 Å². The van der Waals surface area contributed by atoms with Crippen LogP contribution in [0, 0.1) is 0 Å². The molecule has 4 nitrogen and oxygen atoms in total. The number of nitrogens with two attached hydrogens (primary N) is 1. The lowest BCUT2D eigenvalue weighted by atomic mass is 9.80. The Hall–Kier alpha value is -1.84. The summed E-state index contributed by atoms with van der Waals surface area (Å²) in [6, 6.07) is 6.76. The summed E-state index contributed by atoms with van der Waals surface area (Å²) in [5.74, 6) is -0.726. The smallest absolute Gasteiger partial charge is 0.324 e. The molecule has 78 valence electrons. The number of Topliss-reactive ketones (excluding diaryl/α,β-unsaturated/α-hetero) is 1. The first-order chi connectivity index (χ1) is 7.05. The highest BCUT2D eigenvalue weighted by atomic mass is 16.5. The molecule has 0 amide bonds. The van der Waals surface area contributed by atoms with Crippen molar-refractivity contribution in [2.45, 2.75) is 12.3 Å². The van der Waals surface area contributed by atoms with Crippen LogP contribution in [0.5, 0.6) is 0 Å².